The van der Waals surface area contributed by atoms with Crippen molar-refractivity contribution >= 4 is 11.8 Å². The Bertz CT molecular complexity index is 824. The predicted octanol–water partition coefficient (Wildman–Crippen LogP) is 3.32. The standard InChI is InChI=1S/C21H22N2O2/c1-16-9-8-12-18(15-16)20(25)23(21(2,3)4)22-19(24)14-13-17-10-6-5-7-11-17/h5-12,15H,1-4H3,(H,22,24). The van der Waals surface area contributed by atoms with Crippen LogP contribution in [0.1, 0.15) is 42.3 Å². The number of carbonyl (C=O) groups is 2. The minimum absolute atomic E-state index is 0.272. The van der Waals surface area contributed by atoms with Crippen molar-refractivity contribution in [1.82, 2.24) is 10.4 Å². The second kappa shape index (κ2) is 7.67. The Morgan fingerprint density at radius 1 is 1.00 bits per heavy atom. The van der Waals surface area contributed by atoms with Crippen LogP contribution < -0.4 is 5.43 Å². The normalized spacial score (nSPS) is 10.4. The number of carbonyl (C=O) groups excluding carboxylic acids is 2. The molecule has 2 rings (SSSR count). The third-order valence-electron chi connectivity index (χ3n) is 3.45. The van der Waals surface area contributed by atoms with Gasteiger partial charge in [0.05, 0.1) is 5.54 Å². The van der Waals surface area contributed by atoms with Crippen molar-refractivity contribution in [3.8, 4) is 11.8 Å². The highest BCUT2D eigenvalue weighted by atomic mass is 16.2. The number of hydrogen-bond acceptors (Lipinski definition) is 2. The maximum Gasteiger partial charge on any atom is 0.314 e. The summed E-state index contributed by atoms with van der Waals surface area (Å²) in [7, 11) is 0. The Hall–Kier alpha value is -3.06. The number of aryl methyl sites for hydroxylation is 1. The highest BCUT2D eigenvalue weighted by molar-refractivity contribution is 5.99. The van der Waals surface area contributed by atoms with Gasteiger partial charge in [-0.05, 0) is 52.0 Å². The first-order valence-electron chi connectivity index (χ1n) is 8.06. The fourth-order valence-corrected chi connectivity index (χ4v) is 2.21. The fraction of sp³-hybridized carbons (Fsp3) is 0.238. The summed E-state index contributed by atoms with van der Waals surface area (Å²) in [6.07, 6.45) is 0. The maximum absolute atomic E-state index is 12.8. The zero-order chi connectivity index (χ0) is 18.4. The number of hydrogen-bond donors (Lipinski definition) is 1. The molecule has 0 heterocycles. The van der Waals surface area contributed by atoms with Crippen molar-refractivity contribution in [3.05, 3.63) is 71.3 Å². The minimum atomic E-state index is -0.592. The molecule has 0 fully saturated rings. The van der Waals surface area contributed by atoms with E-state index < -0.39 is 11.4 Å². The lowest BCUT2D eigenvalue weighted by molar-refractivity contribution is -0.121. The first-order chi connectivity index (χ1) is 11.8. The third-order valence-corrected chi connectivity index (χ3v) is 3.45. The molecule has 0 unspecified atom stereocenters. The summed E-state index contributed by atoms with van der Waals surface area (Å²) < 4.78 is 0. The average molecular weight is 334 g/mol. The summed E-state index contributed by atoms with van der Waals surface area (Å²) in [5.41, 5.74) is 4.27. The van der Waals surface area contributed by atoms with Crippen molar-refractivity contribution in [2.45, 2.75) is 33.2 Å². The van der Waals surface area contributed by atoms with Gasteiger partial charge in [0.15, 0.2) is 0 Å². The van der Waals surface area contributed by atoms with E-state index in [-0.39, 0.29) is 5.91 Å². The number of hydrazine groups is 1. The van der Waals surface area contributed by atoms with Gasteiger partial charge in [-0.1, -0.05) is 41.8 Å². The van der Waals surface area contributed by atoms with Gasteiger partial charge in [0.1, 0.15) is 0 Å². The molecule has 0 radical (unpaired) electrons. The van der Waals surface area contributed by atoms with E-state index in [1.165, 1.54) is 5.01 Å². The van der Waals surface area contributed by atoms with Crippen LogP contribution in [0.5, 0.6) is 0 Å². The van der Waals surface area contributed by atoms with Crippen LogP contribution in [0, 0.1) is 18.8 Å². The van der Waals surface area contributed by atoms with Gasteiger partial charge in [-0.2, -0.15) is 0 Å². The summed E-state index contributed by atoms with van der Waals surface area (Å²) in [5.74, 6) is 4.51. The zero-order valence-corrected chi connectivity index (χ0v) is 15.0. The SMILES string of the molecule is Cc1cccc(C(=O)N(NC(=O)C#Cc2ccccc2)C(C)(C)C)c1. The van der Waals surface area contributed by atoms with Crippen LogP contribution in [-0.4, -0.2) is 22.4 Å². The van der Waals surface area contributed by atoms with Crippen LogP contribution >= 0.6 is 0 Å². The third kappa shape index (κ3) is 5.22. The molecule has 128 valence electrons. The molecule has 2 aromatic rings. The lowest BCUT2D eigenvalue weighted by Gasteiger charge is -2.34. The molecule has 0 aliphatic carbocycles. The summed E-state index contributed by atoms with van der Waals surface area (Å²) in [6.45, 7) is 7.48. The van der Waals surface area contributed by atoms with E-state index in [9.17, 15) is 9.59 Å². The predicted molar refractivity (Wildman–Crippen MR) is 98.6 cm³/mol. The van der Waals surface area contributed by atoms with Crippen LogP contribution in [0.25, 0.3) is 0 Å². The molecule has 0 aliphatic rings. The largest absolute Gasteiger partial charge is 0.314 e. The highest BCUT2D eigenvalue weighted by Gasteiger charge is 2.29. The Kier molecular flexibility index (Phi) is 5.61. The quantitative estimate of drug-likeness (QED) is 0.642. The number of rotatable bonds is 1. The van der Waals surface area contributed by atoms with Crippen molar-refractivity contribution in [2.24, 2.45) is 0 Å². The lowest BCUT2D eigenvalue weighted by atomic mass is 10.1. The smallest absolute Gasteiger partial charge is 0.267 e. The van der Waals surface area contributed by atoms with Crippen molar-refractivity contribution < 1.29 is 9.59 Å². The second-order valence-corrected chi connectivity index (χ2v) is 6.74. The molecule has 0 aliphatic heterocycles. The Morgan fingerprint density at radius 2 is 1.68 bits per heavy atom. The first-order valence-corrected chi connectivity index (χ1v) is 8.06. The molecule has 2 amide bonds. The Labute approximate surface area is 148 Å². The van der Waals surface area contributed by atoms with Crippen molar-refractivity contribution in [1.29, 1.82) is 0 Å². The number of amides is 2. The molecule has 0 atom stereocenters. The van der Waals surface area contributed by atoms with E-state index in [0.717, 1.165) is 11.1 Å². The maximum atomic E-state index is 12.8. The Balaban J connectivity index is 2.20. The minimum Gasteiger partial charge on any atom is -0.267 e. The lowest BCUT2D eigenvalue weighted by Crippen LogP contribution is -2.55. The van der Waals surface area contributed by atoms with Crippen LogP contribution in [0.2, 0.25) is 0 Å². The van der Waals surface area contributed by atoms with Gasteiger partial charge >= 0.3 is 5.91 Å². The fourth-order valence-electron chi connectivity index (χ4n) is 2.21. The molecule has 0 bridgehead atoms. The summed E-state index contributed by atoms with van der Waals surface area (Å²) in [4.78, 5) is 25.0. The molecule has 0 spiro atoms. The zero-order valence-electron chi connectivity index (χ0n) is 15.0. The molecular weight excluding hydrogens is 312 g/mol. The van der Waals surface area contributed by atoms with E-state index in [1.54, 1.807) is 12.1 Å². The monoisotopic (exact) mass is 334 g/mol. The summed E-state index contributed by atoms with van der Waals surface area (Å²) in [6, 6.07) is 16.5. The van der Waals surface area contributed by atoms with Gasteiger partial charge < -0.3 is 0 Å². The number of nitrogens with one attached hydrogen (secondary N) is 1. The molecule has 25 heavy (non-hydrogen) atoms. The second-order valence-electron chi connectivity index (χ2n) is 6.74. The molecule has 0 aromatic heterocycles. The number of benzene rings is 2. The van der Waals surface area contributed by atoms with Crippen LogP contribution in [0.4, 0.5) is 0 Å². The highest BCUT2D eigenvalue weighted by Crippen LogP contribution is 2.15. The van der Waals surface area contributed by atoms with E-state index in [1.807, 2.05) is 70.2 Å². The summed E-state index contributed by atoms with van der Waals surface area (Å²) in [5, 5.41) is 1.32. The van der Waals surface area contributed by atoms with Gasteiger partial charge in [-0.15, -0.1) is 0 Å². The molecule has 0 saturated heterocycles. The van der Waals surface area contributed by atoms with E-state index in [4.69, 9.17) is 0 Å². The molecule has 0 saturated carbocycles. The van der Waals surface area contributed by atoms with Crippen molar-refractivity contribution in [3.63, 3.8) is 0 Å². The summed E-state index contributed by atoms with van der Waals surface area (Å²) >= 11 is 0. The van der Waals surface area contributed by atoms with Crippen LogP contribution in [0.15, 0.2) is 54.6 Å². The molecule has 1 N–H and O–H groups in total. The van der Waals surface area contributed by atoms with Gasteiger partial charge in [-0.25, -0.2) is 5.01 Å². The van der Waals surface area contributed by atoms with Crippen LogP contribution in [0.3, 0.4) is 0 Å². The average Bonchev–Trinajstić information content (AvgIpc) is 2.57. The van der Waals surface area contributed by atoms with Gasteiger partial charge in [0, 0.05) is 17.0 Å². The first kappa shape index (κ1) is 18.3. The molecular formula is C21H22N2O2. The Morgan fingerprint density at radius 3 is 2.28 bits per heavy atom. The molecule has 4 heteroatoms. The van der Waals surface area contributed by atoms with Gasteiger partial charge in [0.2, 0.25) is 0 Å². The van der Waals surface area contributed by atoms with Gasteiger partial charge in [0.25, 0.3) is 5.91 Å². The van der Waals surface area contributed by atoms with Crippen LogP contribution in [-0.2, 0) is 4.79 Å². The molecule has 4 nitrogen and oxygen atoms in total. The number of nitrogens with zero attached hydrogens (tertiary/aromatic N) is 1. The van der Waals surface area contributed by atoms with E-state index in [0.29, 0.717) is 5.56 Å². The van der Waals surface area contributed by atoms with Gasteiger partial charge in [-0.3, -0.25) is 15.0 Å². The molecule has 2 aromatic carbocycles. The van der Waals surface area contributed by atoms with Crippen molar-refractivity contribution in [2.75, 3.05) is 0 Å². The van der Waals surface area contributed by atoms with E-state index >= 15 is 0 Å². The van der Waals surface area contributed by atoms with E-state index in [2.05, 4.69) is 17.3 Å². The topological polar surface area (TPSA) is 49.4 Å².